The van der Waals surface area contributed by atoms with E-state index in [4.69, 9.17) is 10.5 Å². The fraction of sp³-hybridized carbons (Fsp3) is 0.333. The maximum Gasteiger partial charge on any atom is 0.240 e. The van der Waals surface area contributed by atoms with Crippen LogP contribution in [0, 0.1) is 5.82 Å². The molecule has 0 spiro atoms. The molecule has 1 amide bonds. The number of rotatable bonds is 7. The van der Waals surface area contributed by atoms with Crippen molar-refractivity contribution in [2.45, 2.75) is 38.8 Å². The lowest BCUT2D eigenvalue weighted by atomic mass is 9.96. The van der Waals surface area contributed by atoms with Crippen molar-refractivity contribution in [1.82, 2.24) is 10.3 Å². The average molecular weight is 331 g/mol. The minimum Gasteiger partial charge on any atom is -0.439 e. The summed E-state index contributed by atoms with van der Waals surface area (Å²) < 4.78 is 18.9. The van der Waals surface area contributed by atoms with Gasteiger partial charge >= 0.3 is 0 Å². The van der Waals surface area contributed by atoms with E-state index in [9.17, 15) is 9.18 Å². The van der Waals surface area contributed by atoms with Crippen molar-refractivity contribution >= 4 is 5.91 Å². The lowest BCUT2D eigenvalue weighted by Gasteiger charge is -2.23. The average Bonchev–Trinajstić information content (AvgIpc) is 2.53. The van der Waals surface area contributed by atoms with Crippen LogP contribution >= 0.6 is 0 Å². The van der Waals surface area contributed by atoms with Gasteiger partial charge in [-0.15, -0.1) is 0 Å². The molecular weight excluding hydrogens is 309 g/mol. The van der Waals surface area contributed by atoms with Gasteiger partial charge in [0.05, 0.1) is 5.54 Å². The first-order valence-corrected chi connectivity index (χ1v) is 7.87. The summed E-state index contributed by atoms with van der Waals surface area (Å²) in [6.45, 7) is 3.91. The van der Waals surface area contributed by atoms with Gasteiger partial charge in [0.1, 0.15) is 11.6 Å². The molecule has 6 heteroatoms. The summed E-state index contributed by atoms with van der Waals surface area (Å²) >= 11 is 0. The second-order valence-corrected chi connectivity index (χ2v) is 5.88. The fourth-order valence-electron chi connectivity index (χ4n) is 2.30. The normalized spacial score (nSPS) is 13.2. The Morgan fingerprint density at radius 3 is 2.88 bits per heavy atom. The van der Waals surface area contributed by atoms with Crippen LogP contribution in [0.2, 0.25) is 0 Å². The van der Waals surface area contributed by atoms with Crippen LogP contribution in [0.15, 0.2) is 42.6 Å². The molecule has 5 nitrogen and oxygen atoms in total. The zero-order chi connectivity index (χ0) is 17.6. The number of ether oxygens (including phenoxy) is 1. The predicted octanol–water partition coefficient (Wildman–Crippen LogP) is 3.15. The maximum atomic E-state index is 13.3. The Bertz CT molecular complexity index is 704. The van der Waals surface area contributed by atoms with Crippen LogP contribution in [0.5, 0.6) is 11.6 Å². The van der Waals surface area contributed by atoms with Crippen LogP contribution in [-0.4, -0.2) is 16.4 Å². The number of nitrogens with one attached hydrogen (secondary N) is 1. The monoisotopic (exact) mass is 331 g/mol. The van der Waals surface area contributed by atoms with Gasteiger partial charge in [0.2, 0.25) is 11.8 Å². The van der Waals surface area contributed by atoms with Crippen LogP contribution in [0.4, 0.5) is 4.39 Å². The van der Waals surface area contributed by atoms with Crippen molar-refractivity contribution in [3.05, 3.63) is 54.0 Å². The molecule has 1 atom stereocenters. The zero-order valence-corrected chi connectivity index (χ0v) is 13.9. The van der Waals surface area contributed by atoms with Gasteiger partial charge < -0.3 is 15.8 Å². The number of carbonyl (C=O) groups is 1. The molecule has 0 radical (unpaired) electrons. The van der Waals surface area contributed by atoms with E-state index in [2.05, 4.69) is 10.3 Å². The fourth-order valence-corrected chi connectivity index (χ4v) is 2.30. The Kier molecular flexibility index (Phi) is 5.87. The van der Waals surface area contributed by atoms with E-state index >= 15 is 0 Å². The van der Waals surface area contributed by atoms with E-state index in [1.54, 1.807) is 37.4 Å². The Balaban J connectivity index is 2.08. The van der Waals surface area contributed by atoms with Gasteiger partial charge in [0.25, 0.3) is 0 Å². The zero-order valence-electron chi connectivity index (χ0n) is 13.9. The van der Waals surface area contributed by atoms with Gasteiger partial charge in [0.15, 0.2) is 0 Å². The van der Waals surface area contributed by atoms with Crippen LogP contribution in [-0.2, 0) is 11.3 Å². The second-order valence-electron chi connectivity index (χ2n) is 5.88. The van der Waals surface area contributed by atoms with Gasteiger partial charge in [-0.1, -0.05) is 25.5 Å². The Labute approximate surface area is 141 Å². The highest BCUT2D eigenvalue weighted by atomic mass is 19.1. The smallest absolute Gasteiger partial charge is 0.240 e. The van der Waals surface area contributed by atoms with E-state index in [-0.39, 0.29) is 12.5 Å². The Morgan fingerprint density at radius 2 is 2.17 bits per heavy atom. The number of benzene rings is 1. The molecule has 1 aromatic heterocycles. The number of amides is 1. The third-order valence-corrected chi connectivity index (χ3v) is 3.59. The molecule has 24 heavy (non-hydrogen) atoms. The molecule has 0 saturated heterocycles. The number of nitrogens with two attached hydrogens (primary N) is 1. The SMILES string of the molecule is CCCC(C)(N)C(=O)NCc1cccnc1Oc1cccc(F)c1. The number of hydrogen-bond donors (Lipinski definition) is 2. The predicted molar refractivity (Wildman–Crippen MR) is 90.1 cm³/mol. The largest absolute Gasteiger partial charge is 0.439 e. The van der Waals surface area contributed by atoms with Crippen LogP contribution in [0.25, 0.3) is 0 Å². The van der Waals surface area contributed by atoms with Crippen LogP contribution < -0.4 is 15.8 Å². The van der Waals surface area contributed by atoms with Gasteiger partial charge in [-0.3, -0.25) is 4.79 Å². The first-order valence-electron chi connectivity index (χ1n) is 7.87. The van der Waals surface area contributed by atoms with E-state index < -0.39 is 11.4 Å². The molecule has 2 rings (SSSR count). The molecule has 0 saturated carbocycles. The molecule has 0 fully saturated rings. The van der Waals surface area contributed by atoms with Gasteiger partial charge in [0, 0.05) is 24.4 Å². The molecule has 0 aliphatic heterocycles. The van der Waals surface area contributed by atoms with Gasteiger partial charge in [-0.25, -0.2) is 9.37 Å². The number of hydrogen-bond acceptors (Lipinski definition) is 4. The highest BCUT2D eigenvalue weighted by Crippen LogP contribution is 2.23. The Morgan fingerprint density at radius 1 is 1.38 bits per heavy atom. The van der Waals surface area contributed by atoms with Crippen molar-refractivity contribution < 1.29 is 13.9 Å². The summed E-state index contributed by atoms with van der Waals surface area (Å²) in [5.41, 5.74) is 5.78. The van der Waals surface area contributed by atoms with E-state index in [0.717, 1.165) is 6.42 Å². The third-order valence-electron chi connectivity index (χ3n) is 3.59. The van der Waals surface area contributed by atoms with Crippen molar-refractivity contribution in [2.24, 2.45) is 5.73 Å². The van der Waals surface area contributed by atoms with E-state index in [1.165, 1.54) is 12.1 Å². The summed E-state index contributed by atoms with van der Waals surface area (Å²) in [6.07, 6.45) is 2.99. The van der Waals surface area contributed by atoms with Gasteiger partial charge in [-0.05, 0) is 31.5 Å². The second kappa shape index (κ2) is 7.88. The lowest BCUT2D eigenvalue weighted by molar-refractivity contribution is -0.126. The molecule has 2 aromatic rings. The molecule has 0 aliphatic carbocycles. The van der Waals surface area contributed by atoms with Crippen molar-refractivity contribution in [3.63, 3.8) is 0 Å². The first-order chi connectivity index (χ1) is 11.4. The molecule has 1 unspecified atom stereocenters. The van der Waals surface area contributed by atoms with Crippen LogP contribution in [0.1, 0.15) is 32.3 Å². The van der Waals surface area contributed by atoms with E-state index in [0.29, 0.717) is 23.6 Å². The van der Waals surface area contributed by atoms with Crippen LogP contribution in [0.3, 0.4) is 0 Å². The quantitative estimate of drug-likeness (QED) is 0.817. The number of carbonyl (C=O) groups excluding carboxylic acids is 1. The third kappa shape index (κ3) is 4.76. The number of nitrogens with zero attached hydrogens (tertiary/aromatic N) is 1. The minimum atomic E-state index is -0.916. The van der Waals surface area contributed by atoms with Gasteiger partial charge in [-0.2, -0.15) is 0 Å². The van der Waals surface area contributed by atoms with Crippen molar-refractivity contribution in [3.8, 4) is 11.6 Å². The summed E-state index contributed by atoms with van der Waals surface area (Å²) in [4.78, 5) is 16.3. The summed E-state index contributed by atoms with van der Waals surface area (Å²) in [6, 6.07) is 9.33. The maximum absolute atomic E-state index is 13.3. The molecule has 0 bridgehead atoms. The molecule has 1 heterocycles. The highest BCUT2D eigenvalue weighted by Gasteiger charge is 2.26. The number of pyridine rings is 1. The van der Waals surface area contributed by atoms with Crippen molar-refractivity contribution in [1.29, 1.82) is 0 Å². The number of halogens is 1. The van der Waals surface area contributed by atoms with Crippen molar-refractivity contribution in [2.75, 3.05) is 0 Å². The summed E-state index contributed by atoms with van der Waals surface area (Å²) in [5.74, 6) is 0.0372. The standard InChI is InChI=1S/C18H22FN3O2/c1-3-9-18(2,20)17(23)22-12-13-6-5-10-21-16(13)24-15-8-4-7-14(19)11-15/h4-8,10-11H,3,9,12,20H2,1-2H3,(H,22,23). The minimum absolute atomic E-state index is 0.230. The molecule has 128 valence electrons. The van der Waals surface area contributed by atoms with E-state index in [1.807, 2.05) is 6.92 Å². The molecule has 1 aromatic carbocycles. The first kappa shape index (κ1) is 17.9. The summed E-state index contributed by atoms with van der Waals surface area (Å²) in [7, 11) is 0. The Hall–Kier alpha value is -2.47. The lowest BCUT2D eigenvalue weighted by Crippen LogP contribution is -2.51. The number of aromatic nitrogens is 1. The highest BCUT2D eigenvalue weighted by molar-refractivity contribution is 5.85. The topological polar surface area (TPSA) is 77.2 Å². The summed E-state index contributed by atoms with van der Waals surface area (Å²) in [5, 5.41) is 2.80. The molecule has 0 aliphatic rings. The molecule has 3 N–H and O–H groups in total. The molecular formula is C18H22FN3O2.